The number of hydrogen-bond donors (Lipinski definition) is 2. The summed E-state index contributed by atoms with van der Waals surface area (Å²) in [6.07, 6.45) is 0. The predicted octanol–water partition coefficient (Wildman–Crippen LogP) is 1.54. The van der Waals surface area contributed by atoms with E-state index in [0.717, 1.165) is 0 Å². The Balaban J connectivity index is 2.74. The summed E-state index contributed by atoms with van der Waals surface area (Å²) in [6, 6.07) is 4.85. The Morgan fingerprint density at radius 1 is 1.47 bits per heavy atom. The van der Waals surface area contributed by atoms with E-state index in [1.807, 2.05) is 14.1 Å². The first-order valence-corrected chi connectivity index (χ1v) is 5.35. The molecule has 0 saturated carbocycles. The monoisotopic (exact) mass is 238 g/mol. The summed E-state index contributed by atoms with van der Waals surface area (Å²) in [5, 5.41) is 13.8. The topological polar surface area (TPSA) is 84.4 Å². The molecule has 1 rings (SSSR count). The lowest BCUT2D eigenvalue weighted by molar-refractivity contribution is -0.384. The summed E-state index contributed by atoms with van der Waals surface area (Å²) in [4.78, 5) is 12.3. The SMILES string of the molecule is CC(CNc1cc(N)cc([N+](=O)[O-])c1)N(C)C. The van der Waals surface area contributed by atoms with Gasteiger partial charge in [0.15, 0.2) is 0 Å². The summed E-state index contributed by atoms with van der Waals surface area (Å²) in [5.41, 5.74) is 6.67. The summed E-state index contributed by atoms with van der Waals surface area (Å²) < 4.78 is 0. The number of likely N-dealkylation sites (N-methyl/N-ethyl adjacent to an activating group) is 1. The smallest absolute Gasteiger partial charge is 0.273 e. The van der Waals surface area contributed by atoms with Gasteiger partial charge in [-0.3, -0.25) is 10.1 Å². The molecule has 0 spiro atoms. The maximum atomic E-state index is 10.7. The highest BCUT2D eigenvalue weighted by Crippen LogP contribution is 2.22. The van der Waals surface area contributed by atoms with E-state index in [1.54, 1.807) is 6.07 Å². The van der Waals surface area contributed by atoms with Gasteiger partial charge in [0, 0.05) is 36.1 Å². The van der Waals surface area contributed by atoms with Crippen molar-refractivity contribution in [1.29, 1.82) is 0 Å². The van der Waals surface area contributed by atoms with Crippen molar-refractivity contribution in [3.05, 3.63) is 28.3 Å². The molecule has 0 aliphatic heterocycles. The van der Waals surface area contributed by atoms with Crippen LogP contribution < -0.4 is 11.1 Å². The average Bonchev–Trinajstić information content (AvgIpc) is 2.24. The molecule has 0 fully saturated rings. The quantitative estimate of drug-likeness (QED) is 0.462. The van der Waals surface area contributed by atoms with E-state index < -0.39 is 4.92 Å². The predicted molar refractivity (Wildman–Crippen MR) is 69.1 cm³/mol. The third-order valence-corrected chi connectivity index (χ3v) is 2.63. The van der Waals surface area contributed by atoms with E-state index in [4.69, 9.17) is 5.73 Å². The van der Waals surface area contributed by atoms with Crippen LogP contribution in [0, 0.1) is 10.1 Å². The Kier molecular flexibility index (Phi) is 4.28. The lowest BCUT2D eigenvalue weighted by Crippen LogP contribution is -2.31. The van der Waals surface area contributed by atoms with Gasteiger partial charge >= 0.3 is 0 Å². The molecule has 0 heterocycles. The van der Waals surface area contributed by atoms with Crippen molar-refractivity contribution in [3.63, 3.8) is 0 Å². The first kappa shape index (κ1) is 13.2. The molecule has 0 aromatic heterocycles. The number of nitrogens with zero attached hydrogens (tertiary/aromatic N) is 2. The standard InChI is InChI=1S/C11H18N4O2/c1-8(14(2)3)7-13-10-4-9(12)5-11(6-10)15(16)17/h4-6,8,13H,7,12H2,1-3H3. The number of nitrogen functional groups attached to an aromatic ring is 1. The minimum Gasteiger partial charge on any atom is -0.398 e. The van der Waals surface area contributed by atoms with Gasteiger partial charge in [0.05, 0.1) is 4.92 Å². The average molecular weight is 238 g/mol. The molecule has 0 amide bonds. The number of nitro groups is 1. The molecule has 1 atom stereocenters. The number of nitrogens with one attached hydrogen (secondary N) is 1. The van der Waals surface area contributed by atoms with Gasteiger partial charge in [-0.05, 0) is 27.1 Å². The summed E-state index contributed by atoms with van der Waals surface area (Å²) in [5.74, 6) is 0. The van der Waals surface area contributed by atoms with Crippen molar-refractivity contribution < 1.29 is 4.92 Å². The van der Waals surface area contributed by atoms with Crippen LogP contribution in [-0.2, 0) is 0 Å². The maximum Gasteiger partial charge on any atom is 0.273 e. The second-order valence-corrected chi connectivity index (χ2v) is 4.26. The highest BCUT2D eigenvalue weighted by atomic mass is 16.6. The van der Waals surface area contributed by atoms with Crippen molar-refractivity contribution in [1.82, 2.24) is 4.90 Å². The molecule has 17 heavy (non-hydrogen) atoms. The third-order valence-electron chi connectivity index (χ3n) is 2.63. The van der Waals surface area contributed by atoms with Crippen LogP contribution in [0.3, 0.4) is 0 Å². The van der Waals surface area contributed by atoms with E-state index >= 15 is 0 Å². The fourth-order valence-corrected chi connectivity index (χ4v) is 1.29. The van der Waals surface area contributed by atoms with Crippen molar-refractivity contribution in [2.75, 3.05) is 31.7 Å². The molecule has 6 nitrogen and oxygen atoms in total. The largest absolute Gasteiger partial charge is 0.398 e. The number of hydrogen-bond acceptors (Lipinski definition) is 5. The van der Waals surface area contributed by atoms with E-state index in [0.29, 0.717) is 24.0 Å². The normalized spacial score (nSPS) is 12.5. The number of rotatable bonds is 5. The molecule has 0 saturated heterocycles. The number of benzene rings is 1. The molecule has 1 aromatic carbocycles. The zero-order valence-electron chi connectivity index (χ0n) is 10.3. The van der Waals surface area contributed by atoms with E-state index in [9.17, 15) is 10.1 Å². The molecule has 1 aromatic rings. The van der Waals surface area contributed by atoms with Crippen LogP contribution in [-0.4, -0.2) is 36.5 Å². The number of nitrogens with two attached hydrogens (primary N) is 1. The van der Waals surface area contributed by atoms with Crippen LogP contribution >= 0.6 is 0 Å². The Bertz CT molecular complexity index is 406. The van der Waals surface area contributed by atoms with Gasteiger partial charge in [0.25, 0.3) is 5.69 Å². The Labute approximate surface area is 101 Å². The summed E-state index contributed by atoms with van der Waals surface area (Å²) >= 11 is 0. The lowest BCUT2D eigenvalue weighted by atomic mass is 10.2. The van der Waals surface area contributed by atoms with Crippen LogP contribution in [0.1, 0.15) is 6.92 Å². The zero-order chi connectivity index (χ0) is 13.0. The van der Waals surface area contributed by atoms with Crippen molar-refractivity contribution in [3.8, 4) is 0 Å². The third kappa shape index (κ3) is 3.92. The fraction of sp³-hybridized carbons (Fsp3) is 0.455. The second kappa shape index (κ2) is 5.49. The van der Waals surface area contributed by atoms with Crippen LogP contribution in [0.2, 0.25) is 0 Å². The maximum absolute atomic E-state index is 10.7. The first-order valence-electron chi connectivity index (χ1n) is 5.35. The van der Waals surface area contributed by atoms with Gasteiger partial charge in [-0.15, -0.1) is 0 Å². The molecule has 0 radical (unpaired) electrons. The Hall–Kier alpha value is -1.82. The van der Waals surface area contributed by atoms with Gasteiger partial charge in [0.1, 0.15) is 0 Å². The van der Waals surface area contributed by atoms with Crippen LogP contribution in [0.15, 0.2) is 18.2 Å². The molecule has 0 bridgehead atoms. The minimum atomic E-state index is -0.448. The molecular formula is C11H18N4O2. The Morgan fingerprint density at radius 3 is 2.65 bits per heavy atom. The van der Waals surface area contributed by atoms with Crippen LogP contribution in [0.5, 0.6) is 0 Å². The molecule has 0 aliphatic carbocycles. The van der Waals surface area contributed by atoms with Crippen LogP contribution in [0.4, 0.5) is 17.1 Å². The fourth-order valence-electron chi connectivity index (χ4n) is 1.29. The van der Waals surface area contributed by atoms with Gasteiger partial charge in [-0.2, -0.15) is 0 Å². The van der Waals surface area contributed by atoms with Gasteiger partial charge < -0.3 is 16.0 Å². The van der Waals surface area contributed by atoms with E-state index in [-0.39, 0.29) is 5.69 Å². The molecule has 3 N–H and O–H groups in total. The van der Waals surface area contributed by atoms with Gasteiger partial charge in [0.2, 0.25) is 0 Å². The van der Waals surface area contributed by atoms with E-state index in [1.165, 1.54) is 12.1 Å². The van der Waals surface area contributed by atoms with E-state index in [2.05, 4.69) is 17.1 Å². The van der Waals surface area contributed by atoms with Gasteiger partial charge in [-0.1, -0.05) is 0 Å². The zero-order valence-corrected chi connectivity index (χ0v) is 10.3. The van der Waals surface area contributed by atoms with Crippen molar-refractivity contribution >= 4 is 17.1 Å². The van der Waals surface area contributed by atoms with Gasteiger partial charge in [-0.25, -0.2) is 0 Å². The number of nitro benzene ring substituents is 1. The molecular weight excluding hydrogens is 220 g/mol. The van der Waals surface area contributed by atoms with Crippen molar-refractivity contribution in [2.45, 2.75) is 13.0 Å². The molecule has 0 aliphatic rings. The lowest BCUT2D eigenvalue weighted by Gasteiger charge is -2.20. The Morgan fingerprint density at radius 2 is 2.12 bits per heavy atom. The molecule has 94 valence electrons. The molecule has 6 heteroatoms. The minimum absolute atomic E-state index is 0.00464. The summed E-state index contributed by atoms with van der Waals surface area (Å²) in [6.45, 7) is 2.77. The first-order chi connectivity index (χ1) is 7.90. The number of non-ortho nitro benzene ring substituents is 1. The second-order valence-electron chi connectivity index (χ2n) is 4.26. The van der Waals surface area contributed by atoms with Crippen molar-refractivity contribution in [2.24, 2.45) is 0 Å². The van der Waals surface area contributed by atoms with Crippen LogP contribution in [0.25, 0.3) is 0 Å². The summed E-state index contributed by atoms with van der Waals surface area (Å²) in [7, 11) is 3.96. The number of anilines is 2. The highest BCUT2D eigenvalue weighted by Gasteiger charge is 2.09. The molecule has 1 unspecified atom stereocenters. The highest BCUT2D eigenvalue weighted by molar-refractivity contribution is 5.61.